The van der Waals surface area contributed by atoms with Crippen LogP contribution in [0.1, 0.15) is 25.8 Å². The van der Waals surface area contributed by atoms with Gasteiger partial charge < -0.3 is 4.90 Å². The molecule has 0 aliphatic carbocycles. The van der Waals surface area contributed by atoms with Gasteiger partial charge in [0.05, 0.1) is 5.75 Å². The van der Waals surface area contributed by atoms with Crippen molar-refractivity contribution in [2.45, 2.75) is 44.4 Å². The molecule has 0 saturated carbocycles. The fourth-order valence-corrected chi connectivity index (χ4v) is 3.81. The third kappa shape index (κ3) is 3.06. The molecule has 1 aromatic heterocycles. The van der Waals surface area contributed by atoms with Crippen LogP contribution in [-0.2, 0) is 17.8 Å². The summed E-state index contributed by atoms with van der Waals surface area (Å²) in [6.45, 7) is 4.67. The van der Waals surface area contributed by atoms with Crippen molar-refractivity contribution in [2.75, 3.05) is 10.7 Å². The summed E-state index contributed by atoms with van der Waals surface area (Å²) >= 11 is 1.31. The van der Waals surface area contributed by atoms with Crippen LogP contribution in [0.15, 0.2) is 34.2 Å². The Bertz CT molecular complexity index is 767. The van der Waals surface area contributed by atoms with E-state index in [-0.39, 0.29) is 23.4 Å². The van der Waals surface area contributed by atoms with E-state index in [9.17, 15) is 9.59 Å². The summed E-state index contributed by atoms with van der Waals surface area (Å²) in [6, 6.07) is 8.18. The molecule has 7 heteroatoms. The summed E-state index contributed by atoms with van der Waals surface area (Å²) in [5.41, 5.74) is 1.99. The molecule has 1 aliphatic rings. The molecule has 1 aromatic carbocycles. The first kappa shape index (κ1) is 15.9. The number of anilines is 1. The van der Waals surface area contributed by atoms with E-state index in [1.165, 1.54) is 17.3 Å². The lowest BCUT2D eigenvalue weighted by Crippen LogP contribution is -2.37. The van der Waals surface area contributed by atoms with E-state index >= 15 is 0 Å². The highest BCUT2D eigenvalue weighted by molar-refractivity contribution is 7.99. The minimum absolute atomic E-state index is 0.0472. The summed E-state index contributed by atoms with van der Waals surface area (Å²) in [5.74, 6) is 0.318. The largest absolute Gasteiger partial charge is 0.343 e. The van der Waals surface area contributed by atoms with Gasteiger partial charge in [0.15, 0.2) is 5.16 Å². The van der Waals surface area contributed by atoms with Gasteiger partial charge in [-0.25, -0.2) is 9.89 Å². The predicted octanol–water partition coefficient (Wildman–Crippen LogP) is 2.05. The number of fused-ring (bicyclic) bond motifs is 1. The smallest absolute Gasteiger partial charge is 0.308 e. The van der Waals surface area contributed by atoms with Crippen LogP contribution >= 0.6 is 11.8 Å². The Morgan fingerprint density at radius 1 is 1.43 bits per heavy atom. The highest BCUT2D eigenvalue weighted by Crippen LogP contribution is 2.32. The van der Waals surface area contributed by atoms with Crippen molar-refractivity contribution < 1.29 is 4.79 Å². The van der Waals surface area contributed by atoms with E-state index in [4.69, 9.17) is 0 Å². The summed E-state index contributed by atoms with van der Waals surface area (Å²) in [5, 5.41) is 7.04. The molecule has 3 rings (SSSR count). The quantitative estimate of drug-likeness (QED) is 0.851. The topological polar surface area (TPSA) is 71.0 Å². The van der Waals surface area contributed by atoms with Crippen molar-refractivity contribution in [1.82, 2.24) is 14.8 Å². The Kier molecular flexibility index (Phi) is 4.56. The van der Waals surface area contributed by atoms with Crippen LogP contribution < -0.4 is 10.6 Å². The summed E-state index contributed by atoms with van der Waals surface area (Å²) in [6.07, 6.45) is 1.73. The first-order chi connectivity index (χ1) is 11.1. The number of hydrogen-bond acceptors (Lipinski definition) is 4. The molecule has 1 amide bonds. The summed E-state index contributed by atoms with van der Waals surface area (Å²) in [4.78, 5) is 26.2. The Hall–Kier alpha value is -2.02. The Morgan fingerprint density at radius 3 is 3.00 bits per heavy atom. The van der Waals surface area contributed by atoms with Gasteiger partial charge in [0.25, 0.3) is 0 Å². The van der Waals surface area contributed by atoms with E-state index in [1.807, 2.05) is 30.0 Å². The molecule has 0 bridgehead atoms. The number of rotatable bonds is 5. The van der Waals surface area contributed by atoms with Gasteiger partial charge >= 0.3 is 5.69 Å². The zero-order valence-electron chi connectivity index (χ0n) is 13.3. The molecule has 2 aromatic rings. The maximum absolute atomic E-state index is 12.6. The van der Waals surface area contributed by atoms with Gasteiger partial charge in [-0.2, -0.15) is 0 Å². The molecular weight excluding hydrogens is 312 g/mol. The third-order valence-corrected chi connectivity index (χ3v) is 4.93. The van der Waals surface area contributed by atoms with Gasteiger partial charge in [-0.15, -0.1) is 5.10 Å². The SMILES string of the molecule is CCCn1c(SCC(=O)N2c3ccccc3C[C@H]2C)n[nH]c1=O. The number of carbonyl (C=O) groups is 1. The van der Waals surface area contributed by atoms with Crippen LogP contribution in [0, 0.1) is 0 Å². The number of thioether (sulfide) groups is 1. The molecule has 1 atom stereocenters. The lowest BCUT2D eigenvalue weighted by molar-refractivity contribution is -0.116. The van der Waals surface area contributed by atoms with Crippen molar-refractivity contribution in [3.63, 3.8) is 0 Å². The number of H-pyrrole nitrogens is 1. The maximum atomic E-state index is 12.6. The Morgan fingerprint density at radius 2 is 2.22 bits per heavy atom. The van der Waals surface area contributed by atoms with Gasteiger partial charge in [0.1, 0.15) is 0 Å². The molecule has 1 aliphatic heterocycles. The monoisotopic (exact) mass is 332 g/mol. The van der Waals surface area contributed by atoms with Crippen molar-refractivity contribution in [2.24, 2.45) is 0 Å². The molecule has 1 N–H and O–H groups in total. The van der Waals surface area contributed by atoms with Gasteiger partial charge in [0.2, 0.25) is 5.91 Å². The molecule has 0 fully saturated rings. The van der Waals surface area contributed by atoms with Crippen molar-refractivity contribution in [3.8, 4) is 0 Å². The summed E-state index contributed by atoms with van der Waals surface area (Å²) in [7, 11) is 0. The number of aromatic nitrogens is 3. The lowest BCUT2D eigenvalue weighted by atomic mass is 10.1. The average Bonchev–Trinajstić information content (AvgIpc) is 3.05. The lowest BCUT2D eigenvalue weighted by Gasteiger charge is -2.22. The van der Waals surface area contributed by atoms with Gasteiger partial charge in [-0.3, -0.25) is 9.36 Å². The number of hydrogen-bond donors (Lipinski definition) is 1. The first-order valence-corrected chi connectivity index (χ1v) is 8.78. The van der Waals surface area contributed by atoms with Crippen LogP contribution in [0.25, 0.3) is 0 Å². The van der Waals surface area contributed by atoms with E-state index in [2.05, 4.69) is 23.2 Å². The zero-order chi connectivity index (χ0) is 16.4. The van der Waals surface area contributed by atoms with Gasteiger partial charge in [0, 0.05) is 18.3 Å². The highest BCUT2D eigenvalue weighted by Gasteiger charge is 2.30. The van der Waals surface area contributed by atoms with Crippen LogP contribution in [0.4, 0.5) is 5.69 Å². The highest BCUT2D eigenvalue weighted by atomic mass is 32.2. The van der Waals surface area contributed by atoms with E-state index in [0.717, 1.165) is 18.5 Å². The fourth-order valence-electron chi connectivity index (χ4n) is 2.98. The molecule has 0 spiro atoms. The minimum atomic E-state index is -0.221. The average molecular weight is 332 g/mol. The fraction of sp³-hybridized carbons (Fsp3) is 0.438. The van der Waals surface area contributed by atoms with Crippen LogP contribution in [0.5, 0.6) is 0 Å². The molecule has 122 valence electrons. The number of benzene rings is 1. The number of para-hydroxylation sites is 1. The van der Waals surface area contributed by atoms with E-state index in [0.29, 0.717) is 11.7 Å². The van der Waals surface area contributed by atoms with Crippen molar-refractivity contribution in [1.29, 1.82) is 0 Å². The summed E-state index contributed by atoms with van der Waals surface area (Å²) < 4.78 is 1.58. The normalized spacial score (nSPS) is 16.6. The molecule has 6 nitrogen and oxygen atoms in total. The second-order valence-corrected chi connectivity index (χ2v) is 6.64. The number of nitrogens with zero attached hydrogens (tertiary/aromatic N) is 3. The molecule has 23 heavy (non-hydrogen) atoms. The maximum Gasteiger partial charge on any atom is 0.343 e. The van der Waals surface area contributed by atoms with Crippen LogP contribution in [0.3, 0.4) is 0 Å². The van der Waals surface area contributed by atoms with Crippen molar-refractivity contribution >= 4 is 23.4 Å². The van der Waals surface area contributed by atoms with E-state index in [1.54, 1.807) is 4.57 Å². The van der Waals surface area contributed by atoms with Crippen LogP contribution in [-0.4, -0.2) is 32.5 Å². The Balaban J connectivity index is 1.72. The first-order valence-electron chi connectivity index (χ1n) is 7.79. The van der Waals surface area contributed by atoms with E-state index < -0.39 is 0 Å². The number of nitrogens with one attached hydrogen (secondary N) is 1. The number of carbonyl (C=O) groups excluding carboxylic acids is 1. The van der Waals surface area contributed by atoms with Gasteiger partial charge in [-0.1, -0.05) is 36.9 Å². The molecule has 2 heterocycles. The number of amides is 1. The Labute approximate surface area is 138 Å². The van der Waals surface area contributed by atoms with Gasteiger partial charge in [-0.05, 0) is 31.4 Å². The zero-order valence-corrected chi connectivity index (χ0v) is 14.1. The predicted molar refractivity (Wildman–Crippen MR) is 91.0 cm³/mol. The van der Waals surface area contributed by atoms with Crippen molar-refractivity contribution in [3.05, 3.63) is 40.3 Å². The standard InChI is InChI=1S/C16H20N4O2S/c1-3-8-19-15(22)17-18-16(19)23-10-14(21)20-11(2)9-12-6-4-5-7-13(12)20/h4-7,11H,3,8-10H2,1-2H3,(H,17,22)/t11-/m1/s1. The number of aromatic amines is 1. The van der Waals surface area contributed by atoms with Crippen LogP contribution in [0.2, 0.25) is 0 Å². The molecule has 0 radical (unpaired) electrons. The second kappa shape index (κ2) is 6.62. The minimum Gasteiger partial charge on any atom is -0.308 e. The molecular formula is C16H20N4O2S. The molecule has 0 unspecified atom stereocenters. The third-order valence-electron chi connectivity index (χ3n) is 3.97. The second-order valence-electron chi connectivity index (χ2n) is 5.70. The molecule has 0 saturated heterocycles.